The normalized spacial score (nSPS) is 23.0. The van der Waals surface area contributed by atoms with Crippen molar-refractivity contribution in [3.8, 4) is 5.75 Å². The van der Waals surface area contributed by atoms with Crippen LogP contribution >= 0.6 is 11.6 Å². The highest BCUT2D eigenvalue weighted by Crippen LogP contribution is 2.28. The van der Waals surface area contributed by atoms with E-state index < -0.39 is 5.60 Å². The molecule has 1 aromatic rings. The largest absolute Gasteiger partial charge is 0.492 e. The number of morpholine rings is 1. The molecule has 2 atom stereocenters. The van der Waals surface area contributed by atoms with Crippen LogP contribution in [0.2, 0.25) is 5.02 Å². The van der Waals surface area contributed by atoms with E-state index in [0.717, 1.165) is 31.6 Å². The number of hydrogen-bond donors (Lipinski definition) is 0. The van der Waals surface area contributed by atoms with Gasteiger partial charge in [-0.2, -0.15) is 0 Å². The zero-order valence-corrected chi connectivity index (χ0v) is 18.4. The van der Waals surface area contributed by atoms with Crippen LogP contribution in [-0.4, -0.2) is 62.2 Å². The number of carbonyl (C=O) groups is 1. The monoisotopic (exact) mass is 425 g/mol. The molecular weight excluding hydrogens is 394 g/mol. The second-order valence-electron chi connectivity index (χ2n) is 8.78. The lowest BCUT2D eigenvalue weighted by molar-refractivity contribution is -0.0415. The van der Waals surface area contributed by atoms with Crippen LogP contribution in [0.1, 0.15) is 39.2 Å². The molecule has 0 spiro atoms. The van der Waals surface area contributed by atoms with Crippen molar-refractivity contribution in [2.45, 2.75) is 51.7 Å². The Balaban J connectivity index is 1.51. The van der Waals surface area contributed by atoms with Crippen molar-refractivity contribution in [1.29, 1.82) is 0 Å². The Labute approximate surface area is 178 Å². The maximum atomic E-state index is 12.3. The predicted octanol–water partition coefficient (Wildman–Crippen LogP) is 4.32. The molecule has 162 valence electrons. The molecule has 0 bridgehead atoms. The summed E-state index contributed by atoms with van der Waals surface area (Å²) in [5.74, 6) is 1.12. The molecule has 2 unspecified atom stereocenters. The summed E-state index contributed by atoms with van der Waals surface area (Å²) in [7, 11) is 0. The molecular formula is C22H32ClNO5. The van der Waals surface area contributed by atoms with E-state index in [1.54, 1.807) is 4.90 Å². The predicted molar refractivity (Wildman–Crippen MR) is 112 cm³/mol. The van der Waals surface area contributed by atoms with Gasteiger partial charge in [-0.05, 0) is 51.3 Å². The molecule has 0 radical (unpaired) electrons. The molecule has 6 nitrogen and oxygen atoms in total. The summed E-state index contributed by atoms with van der Waals surface area (Å²) in [4.78, 5) is 14.0. The molecule has 3 rings (SSSR count). The van der Waals surface area contributed by atoms with Gasteiger partial charge in [-0.3, -0.25) is 0 Å². The molecule has 1 aromatic carbocycles. The van der Waals surface area contributed by atoms with Crippen molar-refractivity contribution >= 4 is 17.7 Å². The minimum Gasteiger partial charge on any atom is -0.492 e. The van der Waals surface area contributed by atoms with Gasteiger partial charge in [-0.25, -0.2) is 4.79 Å². The van der Waals surface area contributed by atoms with Gasteiger partial charge in [0.1, 0.15) is 11.4 Å². The fourth-order valence-corrected chi connectivity index (χ4v) is 3.79. The number of ether oxygens (including phenoxy) is 4. The van der Waals surface area contributed by atoms with E-state index in [2.05, 4.69) is 0 Å². The molecule has 2 fully saturated rings. The first-order chi connectivity index (χ1) is 13.8. The Morgan fingerprint density at radius 2 is 2.14 bits per heavy atom. The van der Waals surface area contributed by atoms with E-state index in [4.69, 9.17) is 30.5 Å². The van der Waals surface area contributed by atoms with Gasteiger partial charge in [0.15, 0.2) is 0 Å². The third-order valence-corrected chi connectivity index (χ3v) is 5.27. The summed E-state index contributed by atoms with van der Waals surface area (Å²) in [6.45, 7) is 9.39. The molecule has 2 aliphatic heterocycles. The first-order valence-electron chi connectivity index (χ1n) is 10.4. The summed E-state index contributed by atoms with van der Waals surface area (Å²) in [5.41, 5.74) is 0.553. The van der Waals surface area contributed by atoms with E-state index in [9.17, 15) is 4.79 Å². The number of amides is 1. The summed E-state index contributed by atoms with van der Waals surface area (Å²) >= 11 is 6.43. The lowest BCUT2D eigenvalue weighted by Crippen LogP contribution is -2.48. The van der Waals surface area contributed by atoms with Crippen molar-refractivity contribution in [3.05, 3.63) is 28.8 Å². The fourth-order valence-electron chi connectivity index (χ4n) is 3.53. The quantitative estimate of drug-likeness (QED) is 0.703. The Kier molecular flexibility index (Phi) is 7.66. The van der Waals surface area contributed by atoms with E-state index in [-0.39, 0.29) is 12.2 Å². The Bertz CT molecular complexity index is 684. The highest BCUT2D eigenvalue weighted by Gasteiger charge is 2.28. The molecule has 2 heterocycles. The van der Waals surface area contributed by atoms with Gasteiger partial charge in [0.05, 0.1) is 37.5 Å². The number of benzene rings is 1. The minimum atomic E-state index is -0.502. The first kappa shape index (κ1) is 22.2. The van der Waals surface area contributed by atoms with Gasteiger partial charge in [-0.1, -0.05) is 17.7 Å². The van der Waals surface area contributed by atoms with Crippen molar-refractivity contribution in [1.82, 2.24) is 4.90 Å². The number of carbonyl (C=O) groups excluding carboxylic acids is 1. The van der Waals surface area contributed by atoms with Gasteiger partial charge in [0.2, 0.25) is 0 Å². The van der Waals surface area contributed by atoms with Crippen molar-refractivity contribution in [3.63, 3.8) is 0 Å². The Morgan fingerprint density at radius 3 is 2.83 bits per heavy atom. The lowest BCUT2D eigenvalue weighted by Gasteiger charge is -2.34. The zero-order valence-electron chi connectivity index (χ0n) is 17.6. The van der Waals surface area contributed by atoms with Crippen LogP contribution in [0.25, 0.3) is 0 Å². The van der Waals surface area contributed by atoms with Crippen LogP contribution in [0, 0.1) is 5.92 Å². The minimum absolute atomic E-state index is 0.0847. The zero-order chi connectivity index (χ0) is 20.9. The van der Waals surface area contributed by atoms with E-state index in [0.29, 0.717) is 49.4 Å². The highest BCUT2D eigenvalue weighted by molar-refractivity contribution is 6.32. The average molecular weight is 426 g/mol. The summed E-state index contributed by atoms with van der Waals surface area (Å²) < 4.78 is 22.7. The van der Waals surface area contributed by atoms with E-state index >= 15 is 0 Å². The summed E-state index contributed by atoms with van der Waals surface area (Å²) in [6, 6.07) is 5.84. The average Bonchev–Trinajstić information content (AvgIpc) is 2.67. The van der Waals surface area contributed by atoms with E-state index in [1.807, 2.05) is 39.0 Å². The van der Waals surface area contributed by atoms with Crippen LogP contribution in [0.3, 0.4) is 0 Å². The Hall–Kier alpha value is -1.50. The van der Waals surface area contributed by atoms with Crippen LogP contribution in [0.4, 0.5) is 4.79 Å². The van der Waals surface area contributed by atoms with Gasteiger partial charge >= 0.3 is 6.09 Å². The summed E-state index contributed by atoms with van der Waals surface area (Å²) in [5, 5.41) is 0.596. The van der Waals surface area contributed by atoms with E-state index in [1.165, 1.54) is 0 Å². The standard InChI is InChI=1S/C22H32ClNO5/c1-22(2,3)29-21(25)24-8-10-27-18(13-24)11-16-6-7-20(19(23)12-16)28-15-17-5-4-9-26-14-17/h6-7,12,17-18H,4-5,8-11,13-15H2,1-3H3. The SMILES string of the molecule is CC(C)(C)OC(=O)N1CCOC(Cc2ccc(OCC3CCCOC3)c(Cl)c2)C1. The maximum absolute atomic E-state index is 12.3. The molecule has 29 heavy (non-hydrogen) atoms. The fraction of sp³-hybridized carbons (Fsp3) is 0.682. The van der Waals surface area contributed by atoms with Crippen LogP contribution in [-0.2, 0) is 20.6 Å². The molecule has 7 heteroatoms. The third kappa shape index (κ3) is 7.05. The van der Waals surface area contributed by atoms with Crippen molar-refractivity contribution < 1.29 is 23.7 Å². The van der Waals surface area contributed by atoms with Crippen molar-refractivity contribution in [2.24, 2.45) is 5.92 Å². The lowest BCUT2D eigenvalue weighted by atomic mass is 10.0. The van der Waals surface area contributed by atoms with Gasteiger partial charge in [-0.15, -0.1) is 0 Å². The molecule has 0 aromatic heterocycles. The molecule has 0 aliphatic carbocycles. The molecule has 0 saturated carbocycles. The summed E-state index contributed by atoms with van der Waals surface area (Å²) in [6.07, 6.45) is 2.51. The van der Waals surface area contributed by atoms with Crippen LogP contribution < -0.4 is 4.74 Å². The maximum Gasteiger partial charge on any atom is 0.410 e. The smallest absolute Gasteiger partial charge is 0.410 e. The number of rotatable bonds is 5. The second-order valence-corrected chi connectivity index (χ2v) is 9.19. The molecule has 1 amide bonds. The number of nitrogens with zero attached hydrogens (tertiary/aromatic N) is 1. The van der Waals surface area contributed by atoms with Gasteiger partial charge in [0, 0.05) is 25.5 Å². The number of halogens is 1. The van der Waals surface area contributed by atoms with Crippen molar-refractivity contribution in [2.75, 3.05) is 39.5 Å². The Morgan fingerprint density at radius 1 is 1.31 bits per heavy atom. The topological polar surface area (TPSA) is 57.2 Å². The van der Waals surface area contributed by atoms with Crippen LogP contribution in [0.5, 0.6) is 5.75 Å². The first-order valence-corrected chi connectivity index (χ1v) is 10.8. The van der Waals surface area contributed by atoms with Gasteiger partial charge in [0.25, 0.3) is 0 Å². The number of hydrogen-bond acceptors (Lipinski definition) is 5. The third-order valence-electron chi connectivity index (χ3n) is 4.98. The van der Waals surface area contributed by atoms with Gasteiger partial charge < -0.3 is 23.8 Å². The molecule has 0 N–H and O–H groups in total. The molecule has 2 aliphatic rings. The second kappa shape index (κ2) is 10.0. The highest BCUT2D eigenvalue weighted by atomic mass is 35.5. The molecule has 2 saturated heterocycles. The van der Waals surface area contributed by atoms with Crippen LogP contribution in [0.15, 0.2) is 18.2 Å².